The lowest BCUT2D eigenvalue weighted by Crippen LogP contribution is -2.27. The number of H-pyrrole nitrogens is 1. The summed E-state index contributed by atoms with van der Waals surface area (Å²) >= 11 is 0. The molecule has 0 spiro atoms. The van der Waals surface area contributed by atoms with Crippen molar-refractivity contribution in [3.8, 4) is 22.6 Å². The van der Waals surface area contributed by atoms with Crippen molar-refractivity contribution in [3.63, 3.8) is 0 Å². The minimum absolute atomic E-state index is 0.230. The number of rotatable bonds is 2. The molecule has 3 heterocycles. The molecule has 1 aromatic carbocycles. The Kier molecular flexibility index (Phi) is 3.81. The number of hydrogen-bond acceptors (Lipinski definition) is 3. The van der Waals surface area contributed by atoms with E-state index < -0.39 is 0 Å². The second-order valence-corrected chi connectivity index (χ2v) is 6.55. The van der Waals surface area contributed by atoms with E-state index in [9.17, 15) is 4.39 Å². The van der Waals surface area contributed by atoms with Crippen LogP contribution in [-0.2, 0) is 0 Å². The van der Waals surface area contributed by atoms with Crippen molar-refractivity contribution in [3.05, 3.63) is 47.2 Å². The van der Waals surface area contributed by atoms with Crippen LogP contribution in [0.1, 0.15) is 35.8 Å². The van der Waals surface area contributed by atoms with Crippen LogP contribution in [0.25, 0.3) is 22.6 Å². The van der Waals surface area contributed by atoms with Crippen molar-refractivity contribution in [1.29, 1.82) is 0 Å². The summed E-state index contributed by atoms with van der Waals surface area (Å²) in [4.78, 5) is 13.0. The maximum atomic E-state index is 13.2. The van der Waals surface area contributed by atoms with Gasteiger partial charge in [-0.2, -0.15) is 0 Å². The molecule has 0 aromatic heterocycles. The standard InChI is InChI=1S/C19H21FN4/c1-11-16(13-3-5-15(20)6-4-13)24-19-17(11)22-12(2)23-18(19)14-7-9-21-10-8-14/h3-6,14,21H,7-10H2,1-2H3,(H,22,23). The van der Waals surface area contributed by atoms with Gasteiger partial charge >= 0.3 is 0 Å². The zero-order valence-electron chi connectivity index (χ0n) is 14.0. The highest BCUT2D eigenvalue weighted by Gasteiger charge is 2.27. The molecule has 0 bridgehead atoms. The summed E-state index contributed by atoms with van der Waals surface area (Å²) in [5.74, 6) is 1.13. The molecule has 1 aromatic rings. The first-order chi connectivity index (χ1) is 11.6. The number of piperidine rings is 1. The number of halogens is 1. The van der Waals surface area contributed by atoms with Gasteiger partial charge in [-0.1, -0.05) is 0 Å². The van der Waals surface area contributed by atoms with E-state index in [0.717, 1.165) is 65.7 Å². The first-order valence-electron chi connectivity index (χ1n) is 8.47. The number of aryl methyl sites for hydroxylation is 1. The molecule has 124 valence electrons. The molecule has 4 rings (SSSR count). The van der Waals surface area contributed by atoms with Crippen LogP contribution < -0.4 is 5.32 Å². The molecule has 3 aliphatic heterocycles. The van der Waals surface area contributed by atoms with Gasteiger partial charge in [0, 0.05) is 17.0 Å². The first-order valence-corrected chi connectivity index (χ1v) is 8.47. The van der Waals surface area contributed by atoms with E-state index in [1.807, 2.05) is 6.92 Å². The number of nitrogens with one attached hydrogen (secondary N) is 2. The summed E-state index contributed by atoms with van der Waals surface area (Å²) in [6.45, 7) is 6.11. The fourth-order valence-electron chi connectivity index (χ4n) is 3.60. The van der Waals surface area contributed by atoms with E-state index in [4.69, 9.17) is 9.97 Å². The first kappa shape index (κ1) is 15.3. The van der Waals surface area contributed by atoms with E-state index in [2.05, 4.69) is 17.2 Å². The number of nitrogens with zero attached hydrogens (tertiary/aromatic N) is 2. The second kappa shape index (κ2) is 5.98. The van der Waals surface area contributed by atoms with E-state index in [1.165, 1.54) is 12.1 Å². The van der Waals surface area contributed by atoms with Gasteiger partial charge in [0.25, 0.3) is 0 Å². The van der Waals surface area contributed by atoms with Crippen molar-refractivity contribution in [2.45, 2.75) is 32.6 Å². The average Bonchev–Trinajstić information content (AvgIpc) is 2.93. The zero-order valence-corrected chi connectivity index (χ0v) is 14.0. The molecular formula is C19H21FN4. The van der Waals surface area contributed by atoms with Gasteiger partial charge in [0.15, 0.2) is 0 Å². The van der Waals surface area contributed by atoms with Gasteiger partial charge in [-0.05, 0) is 64.0 Å². The van der Waals surface area contributed by atoms with E-state index in [0.29, 0.717) is 5.92 Å². The maximum absolute atomic E-state index is 13.2. The van der Waals surface area contributed by atoms with Gasteiger partial charge in [0.2, 0.25) is 0 Å². The molecule has 2 N–H and O–H groups in total. The van der Waals surface area contributed by atoms with E-state index in [-0.39, 0.29) is 5.82 Å². The van der Waals surface area contributed by atoms with Crippen LogP contribution in [0.3, 0.4) is 0 Å². The molecule has 4 nitrogen and oxygen atoms in total. The summed E-state index contributed by atoms with van der Waals surface area (Å²) < 4.78 is 13.2. The highest BCUT2D eigenvalue weighted by Crippen LogP contribution is 2.38. The fourth-order valence-corrected chi connectivity index (χ4v) is 3.60. The summed E-state index contributed by atoms with van der Waals surface area (Å²) in [7, 11) is 0. The van der Waals surface area contributed by atoms with Crippen molar-refractivity contribution in [1.82, 2.24) is 20.3 Å². The van der Waals surface area contributed by atoms with Crippen molar-refractivity contribution < 1.29 is 4.39 Å². The molecule has 0 amide bonds. The number of benzene rings is 1. The Morgan fingerprint density at radius 1 is 1.00 bits per heavy atom. The van der Waals surface area contributed by atoms with Gasteiger partial charge in [-0.15, -0.1) is 0 Å². The topological polar surface area (TPSA) is 53.6 Å². The molecule has 0 aliphatic carbocycles. The minimum Gasteiger partial charge on any atom is -0.342 e. The molecular weight excluding hydrogens is 303 g/mol. The summed E-state index contributed by atoms with van der Waals surface area (Å²) in [5, 5.41) is 3.40. The third kappa shape index (κ3) is 2.59. The van der Waals surface area contributed by atoms with Crippen LogP contribution in [0.4, 0.5) is 4.39 Å². The molecule has 0 unspecified atom stereocenters. The van der Waals surface area contributed by atoms with Gasteiger partial charge in [-0.25, -0.2) is 14.4 Å². The highest BCUT2D eigenvalue weighted by atomic mass is 19.1. The molecule has 0 saturated carbocycles. The van der Waals surface area contributed by atoms with Crippen molar-refractivity contribution >= 4 is 0 Å². The monoisotopic (exact) mass is 324 g/mol. The Morgan fingerprint density at radius 2 is 1.71 bits per heavy atom. The summed E-state index contributed by atoms with van der Waals surface area (Å²) in [6.07, 6.45) is 2.17. The second-order valence-electron chi connectivity index (χ2n) is 6.55. The third-order valence-corrected chi connectivity index (χ3v) is 4.87. The van der Waals surface area contributed by atoms with Crippen LogP contribution in [0, 0.1) is 19.7 Å². The molecule has 0 atom stereocenters. The van der Waals surface area contributed by atoms with Gasteiger partial charge in [0.1, 0.15) is 17.3 Å². The van der Waals surface area contributed by atoms with Crippen molar-refractivity contribution in [2.75, 3.05) is 13.1 Å². The van der Waals surface area contributed by atoms with Crippen LogP contribution in [-0.4, -0.2) is 28.0 Å². The largest absolute Gasteiger partial charge is 0.342 e. The van der Waals surface area contributed by atoms with Gasteiger partial charge in [-0.3, -0.25) is 0 Å². The molecule has 1 saturated heterocycles. The normalized spacial score (nSPS) is 16.0. The third-order valence-electron chi connectivity index (χ3n) is 4.87. The zero-order chi connectivity index (χ0) is 16.7. The summed E-state index contributed by atoms with van der Waals surface area (Å²) in [6, 6.07) is 6.53. The molecule has 1 fully saturated rings. The number of hydrogen-bond donors (Lipinski definition) is 2. The lowest BCUT2D eigenvalue weighted by molar-refractivity contribution is 0.452. The Hall–Kier alpha value is -2.27. The maximum Gasteiger partial charge on any atom is 0.123 e. The SMILES string of the molecule is Cc1nc(C2CCNCC2)c2nc(-c3ccc(F)cc3)c(C)c-2[nH]1. The fraction of sp³-hybridized carbons (Fsp3) is 0.368. The van der Waals surface area contributed by atoms with Crippen molar-refractivity contribution in [2.24, 2.45) is 0 Å². The minimum atomic E-state index is -0.230. The Bertz CT molecular complexity index is 831. The van der Waals surface area contributed by atoms with E-state index in [1.54, 1.807) is 12.1 Å². The molecule has 0 radical (unpaired) electrons. The predicted octanol–water partition coefficient (Wildman–Crippen LogP) is 3.80. The lowest BCUT2D eigenvalue weighted by atomic mass is 9.92. The number of fused-ring (bicyclic) bond motifs is 1. The Balaban J connectivity index is 1.86. The van der Waals surface area contributed by atoms with Gasteiger partial charge in [0.05, 0.1) is 17.1 Å². The van der Waals surface area contributed by atoms with Crippen LogP contribution >= 0.6 is 0 Å². The van der Waals surface area contributed by atoms with Crippen LogP contribution in [0.5, 0.6) is 0 Å². The Labute approximate surface area is 140 Å². The molecule has 3 aliphatic rings. The molecule has 5 heteroatoms. The quantitative estimate of drug-likeness (QED) is 0.754. The smallest absolute Gasteiger partial charge is 0.123 e. The van der Waals surface area contributed by atoms with Gasteiger partial charge < -0.3 is 10.3 Å². The Morgan fingerprint density at radius 3 is 2.42 bits per heavy atom. The van der Waals surface area contributed by atoms with E-state index >= 15 is 0 Å². The predicted molar refractivity (Wildman–Crippen MR) is 92.7 cm³/mol. The highest BCUT2D eigenvalue weighted by molar-refractivity contribution is 5.77. The molecule has 24 heavy (non-hydrogen) atoms. The number of aromatic nitrogens is 3. The average molecular weight is 324 g/mol. The number of aromatic amines is 1. The summed E-state index contributed by atoms with van der Waals surface area (Å²) in [5.41, 5.74) is 6.05. The van der Waals surface area contributed by atoms with Crippen LogP contribution in [0.15, 0.2) is 24.3 Å². The van der Waals surface area contributed by atoms with Crippen LogP contribution in [0.2, 0.25) is 0 Å². The lowest BCUT2D eigenvalue weighted by Gasteiger charge is -2.23.